The van der Waals surface area contributed by atoms with E-state index >= 15 is 0 Å². The molecule has 0 aliphatic rings. The lowest BCUT2D eigenvalue weighted by Gasteiger charge is -2.08. The quantitative estimate of drug-likeness (QED) is 0.758. The van der Waals surface area contributed by atoms with Crippen molar-refractivity contribution in [2.75, 3.05) is 6.61 Å². The van der Waals surface area contributed by atoms with E-state index in [2.05, 4.69) is 5.32 Å². The van der Waals surface area contributed by atoms with Gasteiger partial charge in [-0.3, -0.25) is 4.79 Å². The fraction of sp³-hybridized carbons (Fsp3) is 0.278. The lowest BCUT2D eigenvalue weighted by molar-refractivity contribution is 0.0951. The van der Waals surface area contributed by atoms with Crippen LogP contribution in [0.2, 0.25) is 0 Å². The van der Waals surface area contributed by atoms with Gasteiger partial charge in [0.25, 0.3) is 5.91 Å². The Kier molecular flexibility index (Phi) is 6.68. The third kappa shape index (κ3) is 5.01. The molecule has 8 heteroatoms. The summed E-state index contributed by atoms with van der Waals surface area (Å²) in [5, 5.41) is 2.68. The van der Waals surface area contributed by atoms with Crippen LogP contribution in [0.4, 0.5) is 8.78 Å². The van der Waals surface area contributed by atoms with E-state index in [4.69, 9.17) is 4.74 Å². The number of benzene rings is 2. The summed E-state index contributed by atoms with van der Waals surface area (Å²) < 4.78 is 53.2. The van der Waals surface area contributed by atoms with Crippen molar-refractivity contribution in [1.29, 1.82) is 0 Å². The maximum absolute atomic E-state index is 12.5. The van der Waals surface area contributed by atoms with Crippen molar-refractivity contribution >= 4 is 15.7 Å². The molecule has 5 nitrogen and oxygen atoms in total. The van der Waals surface area contributed by atoms with Gasteiger partial charge in [0.1, 0.15) is 5.75 Å². The number of carbonyl (C=O) groups is 1. The van der Waals surface area contributed by atoms with Crippen molar-refractivity contribution in [3.05, 3.63) is 59.7 Å². The number of sulfone groups is 1. The summed E-state index contributed by atoms with van der Waals surface area (Å²) in [7, 11) is -4.66. The molecule has 2 aromatic carbocycles. The van der Waals surface area contributed by atoms with Gasteiger partial charge in [-0.1, -0.05) is 19.1 Å². The molecule has 0 aliphatic carbocycles. The number of carbonyl (C=O) groups excluding carboxylic acids is 1. The summed E-state index contributed by atoms with van der Waals surface area (Å²) in [6.45, 7) is 2.91. The molecule has 1 amide bonds. The van der Waals surface area contributed by atoms with E-state index in [1.54, 1.807) is 12.1 Å². The Morgan fingerprint density at radius 3 is 2.23 bits per heavy atom. The average molecular weight is 383 g/mol. The number of alkyl halides is 2. The third-order valence-corrected chi connectivity index (χ3v) is 4.93. The second kappa shape index (κ2) is 8.75. The smallest absolute Gasteiger partial charge is 0.341 e. The highest BCUT2D eigenvalue weighted by molar-refractivity contribution is 7.91. The van der Waals surface area contributed by atoms with E-state index < -0.39 is 26.4 Å². The minimum atomic E-state index is -4.66. The predicted molar refractivity (Wildman–Crippen MR) is 93.0 cm³/mol. The molecular weight excluding hydrogens is 364 g/mol. The van der Waals surface area contributed by atoms with Crippen molar-refractivity contribution in [2.24, 2.45) is 0 Å². The highest BCUT2D eigenvalue weighted by Crippen LogP contribution is 2.18. The minimum Gasteiger partial charge on any atom is -0.494 e. The maximum atomic E-state index is 12.5. The molecular formula is C18H19F2NO4S. The Morgan fingerprint density at radius 2 is 1.69 bits per heavy atom. The van der Waals surface area contributed by atoms with Crippen molar-refractivity contribution in [2.45, 2.75) is 30.5 Å². The van der Waals surface area contributed by atoms with Gasteiger partial charge >= 0.3 is 5.76 Å². The third-order valence-electron chi connectivity index (χ3n) is 3.53. The number of halogens is 2. The van der Waals surface area contributed by atoms with Crippen LogP contribution < -0.4 is 10.1 Å². The zero-order chi connectivity index (χ0) is 19.2. The van der Waals surface area contributed by atoms with Gasteiger partial charge < -0.3 is 10.1 Å². The zero-order valence-electron chi connectivity index (χ0n) is 14.1. The molecule has 2 aromatic rings. The molecule has 0 saturated carbocycles. The van der Waals surface area contributed by atoms with Crippen LogP contribution in [0.3, 0.4) is 0 Å². The molecule has 0 radical (unpaired) electrons. The Bertz CT molecular complexity index is 834. The van der Waals surface area contributed by atoms with Gasteiger partial charge in [-0.2, -0.15) is 8.78 Å². The van der Waals surface area contributed by atoms with Crippen LogP contribution in [0, 0.1) is 0 Å². The summed E-state index contributed by atoms with van der Waals surface area (Å²) >= 11 is 0. The zero-order valence-corrected chi connectivity index (χ0v) is 14.9. The van der Waals surface area contributed by atoms with Crippen molar-refractivity contribution in [1.82, 2.24) is 5.32 Å². The van der Waals surface area contributed by atoms with Gasteiger partial charge in [0.2, 0.25) is 9.84 Å². The van der Waals surface area contributed by atoms with Crippen LogP contribution in [0.5, 0.6) is 5.75 Å². The number of amides is 1. The number of hydrogen-bond acceptors (Lipinski definition) is 4. The molecule has 0 aliphatic heterocycles. The Labute approximate surface area is 150 Å². The van der Waals surface area contributed by atoms with Gasteiger partial charge in [0.15, 0.2) is 0 Å². The number of nitrogens with one attached hydrogen (secondary N) is 1. The van der Waals surface area contributed by atoms with Gasteiger partial charge in [-0.05, 0) is 48.4 Å². The molecule has 0 bridgehead atoms. The van der Waals surface area contributed by atoms with Crippen molar-refractivity contribution in [3.8, 4) is 5.75 Å². The van der Waals surface area contributed by atoms with Crippen molar-refractivity contribution in [3.63, 3.8) is 0 Å². The van der Waals surface area contributed by atoms with E-state index in [1.165, 1.54) is 12.1 Å². The second-order valence-corrected chi connectivity index (χ2v) is 7.42. The fourth-order valence-corrected chi connectivity index (χ4v) is 2.83. The van der Waals surface area contributed by atoms with E-state index in [0.29, 0.717) is 6.61 Å². The predicted octanol–water partition coefficient (Wildman–Crippen LogP) is 3.40. The van der Waals surface area contributed by atoms with E-state index in [9.17, 15) is 22.0 Å². The van der Waals surface area contributed by atoms with Crippen LogP contribution in [0.15, 0.2) is 53.4 Å². The van der Waals surface area contributed by atoms with Crippen LogP contribution in [0.25, 0.3) is 0 Å². The summed E-state index contributed by atoms with van der Waals surface area (Å²) in [6.07, 6.45) is 0.912. The van der Waals surface area contributed by atoms with Crippen LogP contribution in [0.1, 0.15) is 29.3 Å². The molecule has 0 atom stereocenters. The molecule has 0 aromatic heterocycles. The first kappa shape index (κ1) is 19.8. The standard InChI is InChI=1S/C18H19F2NO4S/c1-2-11-25-15-7-3-13(4-8-15)12-21-17(22)14-5-9-16(10-6-14)26(23,24)18(19)20/h3-10,18H,2,11-12H2,1H3,(H,21,22). The molecule has 0 fully saturated rings. The first-order valence-corrected chi connectivity index (χ1v) is 9.51. The van der Waals surface area contributed by atoms with E-state index in [-0.39, 0.29) is 12.1 Å². The molecule has 1 N–H and O–H groups in total. The van der Waals surface area contributed by atoms with Crippen LogP contribution in [-0.2, 0) is 16.4 Å². The molecule has 0 saturated heterocycles. The summed E-state index contributed by atoms with van der Waals surface area (Å²) in [4.78, 5) is 11.6. The molecule has 26 heavy (non-hydrogen) atoms. The minimum absolute atomic E-state index is 0.182. The fourth-order valence-electron chi connectivity index (χ4n) is 2.11. The summed E-state index contributed by atoms with van der Waals surface area (Å²) in [6, 6.07) is 11.7. The lowest BCUT2D eigenvalue weighted by Crippen LogP contribution is -2.22. The van der Waals surface area contributed by atoms with Crippen LogP contribution in [-0.4, -0.2) is 26.7 Å². The number of rotatable bonds is 8. The van der Waals surface area contributed by atoms with Gasteiger partial charge in [0, 0.05) is 12.1 Å². The van der Waals surface area contributed by atoms with Crippen LogP contribution >= 0.6 is 0 Å². The number of ether oxygens (including phenoxy) is 1. The molecule has 0 unspecified atom stereocenters. The largest absolute Gasteiger partial charge is 0.494 e. The van der Waals surface area contributed by atoms with Gasteiger partial charge in [0.05, 0.1) is 11.5 Å². The first-order chi connectivity index (χ1) is 12.3. The Balaban J connectivity index is 1.95. The Morgan fingerprint density at radius 1 is 1.08 bits per heavy atom. The SMILES string of the molecule is CCCOc1ccc(CNC(=O)c2ccc(S(=O)(=O)C(F)F)cc2)cc1. The summed E-state index contributed by atoms with van der Waals surface area (Å²) in [5.74, 6) is -3.18. The van der Waals surface area contributed by atoms with Crippen molar-refractivity contribution < 1.29 is 26.7 Å². The molecule has 140 valence electrons. The highest BCUT2D eigenvalue weighted by Gasteiger charge is 2.26. The van der Waals surface area contributed by atoms with E-state index in [1.807, 2.05) is 19.1 Å². The van der Waals surface area contributed by atoms with Gasteiger partial charge in [-0.25, -0.2) is 8.42 Å². The van der Waals surface area contributed by atoms with E-state index in [0.717, 1.165) is 29.9 Å². The second-order valence-electron chi connectivity index (χ2n) is 5.51. The monoisotopic (exact) mass is 383 g/mol. The lowest BCUT2D eigenvalue weighted by atomic mass is 10.2. The first-order valence-electron chi connectivity index (χ1n) is 7.96. The number of hydrogen-bond donors (Lipinski definition) is 1. The molecule has 0 heterocycles. The van der Waals surface area contributed by atoms with Gasteiger partial charge in [-0.15, -0.1) is 0 Å². The maximum Gasteiger partial charge on any atom is 0.341 e. The summed E-state index contributed by atoms with van der Waals surface area (Å²) in [5.41, 5.74) is 1.04. The molecule has 0 spiro atoms. The normalized spacial score (nSPS) is 11.4. The Hall–Kier alpha value is -2.48. The topological polar surface area (TPSA) is 72.5 Å². The highest BCUT2D eigenvalue weighted by atomic mass is 32.2. The molecule has 2 rings (SSSR count). The average Bonchev–Trinajstić information content (AvgIpc) is 2.65.